The number of aromatic nitrogens is 1. The third-order valence-electron chi connectivity index (χ3n) is 7.22. The number of nitrogens with zero attached hydrogens (tertiary/aromatic N) is 1. The van der Waals surface area contributed by atoms with Crippen LogP contribution in [0.4, 0.5) is 11.4 Å². The highest BCUT2D eigenvalue weighted by atomic mass is 32.2. The molecule has 0 atom stereocenters. The quantitative estimate of drug-likeness (QED) is 0.261. The van der Waals surface area contributed by atoms with Crippen molar-refractivity contribution in [1.82, 2.24) is 4.57 Å². The molecule has 0 unspecified atom stereocenters. The molecule has 5 aromatic rings. The monoisotopic (exact) mass is 594 g/mol. The third kappa shape index (κ3) is 5.73. The van der Waals surface area contributed by atoms with Gasteiger partial charge in [0.1, 0.15) is 12.2 Å². The van der Waals surface area contributed by atoms with Gasteiger partial charge in [-0.3, -0.25) is 9.59 Å². The fraction of sp³-hybridized carbons (Fsp3) is 0.121. The van der Waals surface area contributed by atoms with Gasteiger partial charge in [0.15, 0.2) is 5.78 Å². The van der Waals surface area contributed by atoms with Crippen LogP contribution in [0.3, 0.4) is 0 Å². The number of hydrogen-bond acceptors (Lipinski definition) is 8. The van der Waals surface area contributed by atoms with Gasteiger partial charge in [-0.2, -0.15) is 0 Å². The van der Waals surface area contributed by atoms with Crippen molar-refractivity contribution in [2.45, 2.75) is 20.5 Å². The molecule has 10 heteroatoms. The van der Waals surface area contributed by atoms with Gasteiger partial charge in [-0.25, -0.2) is 4.79 Å². The zero-order valence-corrected chi connectivity index (χ0v) is 24.3. The predicted molar refractivity (Wildman–Crippen MR) is 163 cm³/mol. The highest BCUT2D eigenvalue weighted by molar-refractivity contribution is 7.59. The van der Waals surface area contributed by atoms with Crippen molar-refractivity contribution < 1.29 is 27.0 Å². The lowest BCUT2D eigenvalue weighted by Gasteiger charge is -2.25. The molecule has 9 nitrogen and oxygen atoms in total. The molecular weight excluding hydrogens is 568 g/mol. The van der Waals surface area contributed by atoms with Crippen molar-refractivity contribution >= 4 is 44.6 Å². The molecule has 1 aliphatic rings. The molecule has 1 N–H and O–H groups in total. The number of carbonyl (C=O) groups is 2. The fourth-order valence-corrected chi connectivity index (χ4v) is 5.28. The SMILES string of the molecule is Cc1ccc(Nc2ccc3c4c2C(=O)c2ccccc2-c4c(C(=O)OCc2cccc(C)c2)c(=O)n3C)cc1.O=S(=O)=O. The third-order valence-corrected chi connectivity index (χ3v) is 7.22. The average molecular weight is 595 g/mol. The average Bonchev–Trinajstić information content (AvgIpc) is 2.98. The van der Waals surface area contributed by atoms with Crippen LogP contribution >= 0.6 is 0 Å². The summed E-state index contributed by atoms with van der Waals surface area (Å²) in [6, 6.07) is 26.3. The normalized spacial score (nSPS) is 11.3. The molecular formula is C33H26N2O7S. The van der Waals surface area contributed by atoms with Gasteiger partial charge in [-0.15, -0.1) is 12.6 Å². The highest BCUT2D eigenvalue weighted by Crippen LogP contribution is 2.43. The minimum atomic E-state index is -3.11. The zero-order chi connectivity index (χ0) is 30.8. The summed E-state index contributed by atoms with van der Waals surface area (Å²) in [7, 11) is -1.50. The number of pyridine rings is 1. The standard InChI is InChI=1S/C33H26N2O4.O3S/c1-19-11-13-22(14-12-19)34-25-15-16-26-29-27(23-9-4-5-10-24(23)31(36)28(25)29)30(32(37)35(26)3)33(38)39-18-21-8-6-7-20(2)17-21;1-4(2)3/h4-17,34H,18H2,1-3H3;. The number of fused-ring (bicyclic) bond motifs is 2. The summed E-state index contributed by atoms with van der Waals surface area (Å²) in [6.07, 6.45) is 0. The van der Waals surface area contributed by atoms with Gasteiger partial charge in [0.25, 0.3) is 5.56 Å². The van der Waals surface area contributed by atoms with Crippen LogP contribution in [0.5, 0.6) is 0 Å². The molecule has 0 saturated heterocycles. The van der Waals surface area contributed by atoms with E-state index in [1.54, 1.807) is 31.3 Å². The second-order valence-corrected chi connectivity index (χ2v) is 10.5. The predicted octanol–water partition coefficient (Wildman–Crippen LogP) is 5.46. The number of aryl methyl sites for hydroxylation is 3. The van der Waals surface area contributed by atoms with Crippen molar-refractivity contribution in [2.75, 3.05) is 5.32 Å². The van der Waals surface area contributed by atoms with E-state index in [0.29, 0.717) is 38.8 Å². The minimum Gasteiger partial charge on any atom is -0.457 e. The Labute approximate surface area is 248 Å². The maximum Gasteiger partial charge on any atom is 0.425 e. The zero-order valence-electron chi connectivity index (χ0n) is 23.5. The second kappa shape index (κ2) is 11.9. The fourth-order valence-electron chi connectivity index (χ4n) is 5.28. The number of ether oxygens (including phenoxy) is 1. The lowest BCUT2D eigenvalue weighted by molar-refractivity contribution is 0.0471. The molecule has 1 aromatic heterocycles. The first kappa shape index (κ1) is 29.2. The Kier molecular flexibility index (Phi) is 8.05. The Hall–Kier alpha value is -5.35. The van der Waals surface area contributed by atoms with Crippen molar-refractivity contribution in [2.24, 2.45) is 7.05 Å². The number of hydrogen-bond donors (Lipinski definition) is 1. The molecule has 1 aliphatic carbocycles. The van der Waals surface area contributed by atoms with Crippen LogP contribution in [-0.2, 0) is 29.0 Å². The second-order valence-electron chi connectivity index (χ2n) is 10.1. The summed E-state index contributed by atoms with van der Waals surface area (Å²) in [4.78, 5) is 41.2. The van der Waals surface area contributed by atoms with Crippen LogP contribution in [0.25, 0.3) is 22.0 Å². The maximum atomic E-state index is 13.9. The van der Waals surface area contributed by atoms with Gasteiger partial charge in [-0.1, -0.05) is 71.8 Å². The highest BCUT2D eigenvalue weighted by Gasteiger charge is 2.34. The molecule has 0 amide bonds. The van der Waals surface area contributed by atoms with E-state index < -0.39 is 22.1 Å². The number of esters is 1. The maximum absolute atomic E-state index is 13.9. The van der Waals surface area contributed by atoms with E-state index >= 15 is 0 Å². The molecule has 216 valence electrons. The smallest absolute Gasteiger partial charge is 0.425 e. The van der Waals surface area contributed by atoms with Gasteiger partial charge in [0.05, 0.1) is 16.8 Å². The van der Waals surface area contributed by atoms with Crippen molar-refractivity contribution in [3.05, 3.63) is 129 Å². The minimum absolute atomic E-state index is 0.0313. The van der Waals surface area contributed by atoms with E-state index in [4.69, 9.17) is 17.4 Å². The van der Waals surface area contributed by atoms with E-state index in [1.807, 2.05) is 74.5 Å². The van der Waals surface area contributed by atoms with Crippen molar-refractivity contribution in [3.8, 4) is 11.1 Å². The van der Waals surface area contributed by atoms with E-state index in [2.05, 4.69) is 5.32 Å². The summed E-state index contributed by atoms with van der Waals surface area (Å²) in [5.41, 5.74) is 6.28. The first-order chi connectivity index (χ1) is 20.6. The van der Waals surface area contributed by atoms with Crippen LogP contribution < -0.4 is 10.9 Å². The molecule has 1 heterocycles. The Morgan fingerprint density at radius 3 is 2.16 bits per heavy atom. The van der Waals surface area contributed by atoms with Gasteiger partial charge in [0, 0.05) is 29.2 Å². The molecule has 0 spiro atoms. The van der Waals surface area contributed by atoms with E-state index in [9.17, 15) is 14.4 Å². The molecule has 4 aromatic carbocycles. The number of nitrogens with one attached hydrogen (secondary N) is 1. The van der Waals surface area contributed by atoms with E-state index in [0.717, 1.165) is 22.4 Å². The number of benzene rings is 4. The molecule has 0 saturated carbocycles. The molecule has 0 aliphatic heterocycles. The Bertz CT molecular complexity index is 2090. The summed E-state index contributed by atoms with van der Waals surface area (Å²) in [6.45, 7) is 4.01. The summed E-state index contributed by atoms with van der Waals surface area (Å²) >= 11 is 0. The van der Waals surface area contributed by atoms with Gasteiger partial charge in [0.2, 0.25) is 0 Å². The van der Waals surface area contributed by atoms with Crippen LogP contribution in [0.15, 0.2) is 89.7 Å². The lowest BCUT2D eigenvalue weighted by Crippen LogP contribution is -2.29. The first-order valence-corrected chi connectivity index (χ1v) is 14.2. The van der Waals surface area contributed by atoms with Crippen LogP contribution in [0, 0.1) is 13.8 Å². The Morgan fingerprint density at radius 2 is 1.49 bits per heavy atom. The van der Waals surface area contributed by atoms with Crippen LogP contribution in [0.1, 0.15) is 43.0 Å². The van der Waals surface area contributed by atoms with Gasteiger partial charge < -0.3 is 14.6 Å². The Balaban J connectivity index is 0.000000868. The number of anilines is 2. The number of ketones is 1. The van der Waals surface area contributed by atoms with E-state index in [1.165, 1.54) is 4.57 Å². The molecule has 6 rings (SSSR count). The van der Waals surface area contributed by atoms with Gasteiger partial charge in [-0.05, 0) is 49.2 Å². The summed E-state index contributed by atoms with van der Waals surface area (Å²) in [5.74, 6) is -0.892. The largest absolute Gasteiger partial charge is 0.457 e. The summed E-state index contributed by atoms with van der Waals surface area (Å²) in [5, 5.41) is 3.93. The molecule has 0 fully saturated rings. The van der Waals surface area contributed by atoms with Crippen molar-refractivity contribution in [3.63, 3.8) is 0 Å². The van der Waals surface area contributed by atoms with Gasteiger partial charge >= 0.3 is 16.6 Å². The lowest BCUT2D eigenvalue weighted by atomic mass is 9.81. The number of rotatable bonds is 5. The topological polar surface area (TPSA) is 129 Å². The molecule has 0 bridgehead atoms. The van der Waals surface area contributed by atoms with Crippen LogP contribution in [-0.4, -0.2) is 28.9 Å². The molecule has 0 radical (unpaired) electrons. The molecule has 43 heavy (non-hydrogen) atoms. The summed E-state index contributed by atoms with van der Waals surface area (Å²) < 4.78 is 32.4. The van der Waals surface area contributed by atoms with Crippen molar-refractivity contribution in [1.29, 1.82) is 0 Å². The van der Waals surface area contributed by atoms with E-state index in [-0.39, 0.29) is 18.0 Å². The Morgan fingerprint density at radius 1 is 0.814 bits per heavy atom. The number of carbonyl (C=O) groups excluding carboxylic acids is 2. The first-order valence-electron chi connectivity index (χ1n) is 13.2. The van der Waals surface area contributed by atoms with Crippen LogP contribution in [0.2, 0.25) is 0 Å².